The van der Waals surface area contributed by atoms with Crippen LogP contribution in [-0.4, -0.2) is 12.6 Å². The molecule has 0 saturated heterocycles. The predicted octanol–water partition coefficient (Wildman–Crippen LogP) is 4.64. The van der Waals surface area contributed by atoms with E-state index in [1.165, 1.54) is 37.7 Å². The van der Waals surface area contributed by atoms with Gasteiger partial charge in [0, 0.05) is 5.57 Å². The Kier molecular flexibility index (Phi) is 9.89. The molecule has 0 rings (SSSR count). The molecule has 0 amide bonds. The first-order chi connectivity index (χ1) is 8.17. The van der Waals surface area contributed by atoms with Crippen molar-refractivity contribution < 1.29 is 9.53 Å². The van der Waals surface area contributed by atoms with Crippen LogP contribution >= 0.6 is 0 Å². The first-order valence-corrected chi connectivity index (χ1v) is 7.03. The van der Waals surface area contributed by atoms with Crippen LogP contribution in [-0.2, 0) is 9.53 Å². The minimum absolute atomic E-state index is 0.141. The van der Waals surface area contributed by atoms with Crippen LogP contribution < -0.4 is 0 Å². The molecule has 100 valence electrons. The van der Waals surface area contributed by atoms with E-state index in [4.69, 9.17) is 4.74 Å². The van der Waals surface area contributed by atoms with Gasteiger partial charge in [0.25, 0.3) is 0 Å². The molecular weight excluding hydrogens is 212 g/mol. The number of esters is 1. The molecule has 0 spiro atoms. The highest BCUT2D eigenvalue weighted by Crippen LogP contribution is 2.18. The van der Waals surface area contributed by atoms with E-state index in [-0.39, 0.29) is 5.97 Å². The van der Waals surface area contributed by atoms with Crippen LogP contribution in [0.5, 0.6) is 0 Å². The highest BCUT2D eigenvalue weighted by molar-refractivity contribution is 5.88. The van der Waals surface area contributed by atoms with Crippen molar-refractivity contribution in [3.05, 3.63) is 11.1 Å². The molecule has 0 heterocycles. The van der Waals surface area contributed by atoms with E-state index in [1.807, 2.05) is 13.8 Å². The fourth-order valence-corrected chi connectivity index (χ4v) is 1.96. The van der Waals surface area contributed by atoms with E-state index in [0.717, 1.165) is 18.4 Å². The third-order valence-electron chi connectivity index (χ3n) is 3.12. The highest BCUT2D eigenvalue weighted by Gasteiger charge is 2.09. The number of allylic oxidation sites excluding steroid dienone is 1. The van der Waals surface area contributed by atoms with Gasteiger partial charge in [0.1, 0.15) is 0 Å². The lowest BCUT2D eigenvalue weighted by molar-refractivity contribution is -0.138. The zero-order chi connectivity index (χ0) is 13.1. The van der Waals surface area contributed by atoms with Crippen LogP contribution in [0.3, 0.4) is 0 Å². The van der Waals surface area contributed by atoms with Crippen molar-refractivity contribution in [2.75, 3.05) is 6.61 Å². The molecule has 0 fully saturated rings. The fraction of sp³-hybridized carbons (Fsp3) is 0.800. The zero-order valence-electron chi connectivity index (χ0n) is 12.0. The number of ether oxygens (including phenoxy) is 1. The topological polar surface area (TPSA) is 26.3 Å². The van der Waals surface area contributed by atoms with Gasteiger partial charge in [-0.3, -0.25) is 0 Å². The Morgan fingerprint density at radius 1 is 1.00 bits per heavy atom. The summed E-state index contributed by atoms with van der Waals surface area (Å²) in [5.74, 6) is -0.141. The Hall–Kier alpha value is -0.790. The summed E-state index contributed by atoms with van der Waals surface area (Å²) < 4.78 is 5.03. The standard InChI is InChI=1S/C15H28O2/c1-5-8-9-10-11-12-14(6-2)13(4)15(16)17-7-3/h5-12H2,1-4H3. The molecule has 0 N–H and O–H groups in total. The molecule has 0 radical (unpaired) electrons. The minimum atomic E-state index is -0.141. The van der Waals surface area contributed by atoms with E-state index >= 15 is 0 Å². The summed E-state index contributed by atoms with van der Waals surface area (Å²) >= 11 is 0. The van der Waals surface area contributed by atoms with Gasteiger partial charge < -0.3 is 4.74 Å². The van der Waals surface area contributed by atoms with Gasteiger partial charge in [-0.1, -0.05) is 45.1 Å². The normalized spacial score (nSPS) is 12.2. The maximum Gasteiger partial charge on any atom is 0.333 e. The summed E-state index contributed by atoms with van der Waals surface area (Å²) in [6.07, 6.45) is 8.38. The van der Waals surface area contributed by atoms with E-state index in [0.29, 0.717) is 6.61 Å². The van der Waals surface area contributed by atoms with E-state index < -0.39 is 0 Å². The maximum atomic E-state index is 11.6. The zero-order valence-corrected chi connectivity index (χ0v) is 12.0. The lowest BCUT2D eigenvalue weighted by Crippen LogP contribution is -2.07. The Morgan fingerprint density at radius 3 is 2.18 bits per heavy atom. The monoisotopic (exact) mass is 240 g/mol. The summed E-state index contributed by atoms with van der Waals surface area (Å²) in [7, 11) is 0. The van der Waals surface area contributed by atoms with E-state index in [9.17, 15) is 4.79 Å². The van der Waals surface area contributed by atoms with Crippen LogP contribution in [0.15, 0.2) is 11.1 Å². The summed E-state index contributed by atoms with van der Waals surface area (Å²) in [5.41, 5.74) is 2.09. The van der Waals surface area contributed by atoms with Gasteiger partial charge in [0.05, 0.1) is 6.61 Å². The maximum absolute atomic E-state index is 11.6. The van der Waals surface area contributed by atoms with Gasteiger partial charge in [0.15, 0.2) is 0 Å². The Bertz CT molecular complexity index is 241. The van der Waals surface area contributed by atoms with Crippen LogP contribution in [0.1, 0.15) is 72.6 Å². The average Bonchev–Trinajstić information content (AvgIpc) is 2.33. The molecular formula is C15H28O2. The number of rotatable bonds is 9. The van der Waals surface area contributed by atoms with Crippen LogP contribution in [0.4, 0.5) is 0 Å². The van der Waals surface area contributed by atoms with Crippen molar-refractivity contribution in [3.8, 4) is 0 Å². The highest BCUT2D eigenvalue weighted by atomic mass is 16.5. The summed E-state index contributed by atoms with van der Waals surface area (Å²) in [5, 5.41) is 0. The van der Waals surface area contributed by atoms with Crippen LogP contribution in [0.25, 0.3) is 0 Å². The average molecular weight is 240 g/mol. The van der Waals surface area contributed by atoms with Gasteiger partial charge in [0.2, 0.25) is 0 Å². The number of unbranched alkanes of at least 4 members (excludes halogenated alkanes) is 4. The van der Waals surface area contributed by atoms with Gasteiger partial charge in [-0.2, -0.15) is 0 Å². The predicted molar refractivity (Wildman–Crippen MR) is 73.0 cm³/mol. The molecule has 2 nitrogen and oxygen atoms in total. The van der Waals surface area contributed by atoms with Gasteiger partial charge in [-0.15, -0.1) is 0 Å². The third-order valence-corrected chi connectivity index (χ3v) is 3.12. The van der Waals surface area contributed by atoms with Crippen molar-refractivity contribution in [2.24, 2.45) is 0 Å². The number of carbonyl (C=O) groups excluding carboxylic acids is 1. The molecule has 0 aliphatic carbocycles. The van der Waals surface area contributed by atoms with Crippen molar-refractivity contribution in [1.29, 1.82) is 0 Å². The molecule has 0 saturated carbocycles. The van der Waals surface area contributed by atoms with Crippen molar-refractivity contribution >= 4 is 5.97 Å². The van der Waals surface area contributed by atoms with Crippen molar-refractivity contribution in [3.63, 3.8) is 0 Å². The molecule has 0 atom stereocenters. The summed E-state index contributed by atoms with van der Waals surface area (Å²) in [6.45, 7) is 8.54. The van der Waals surface area contributed by atoms with Gasteiger partial charge >= 0.3 is 5.97 Å². The molecule has 2 heteroatoms. The molecule has 0 aromatic rings. The lowest BCUT2D eigenvalue weighted by Gasteiger charge is -2.09. The molecule has 0 bridgehead atoms. The molecule has 0 aromatic heterocycles. The molecule has 0 unspecified atom stereocenters. The number of hydrogen-bond acceptors (Lipinski definition) is 2. The first-order valence-electron chi connectivity index (χ1n) is 7.03. The second kappa shape index (κ2) is 10.4. The Balaban J connectivity index is 4.11. The fourth-order valence-electron chi connectivity index (χ4n) is 1.96. The quantitative estimate of drug-likeness (QED) is 0.333. The van der Waals surface area contributed by atoms with Crippen molar-refractivity contribution in [2.45, 2.75) is 72.6 Å². The molecule has 0 aliphatic heterocycles. The second-order valence-electron chi connectivity index (χ2n) is 4.47. The molecule has 0 aliphatic rings. The molecule has 0 aromatic carbocycles. The smallest absolute Gasteiger partial charge is 0.333 e. The summed E-state index contributed by atoms with van der Waals surface area (Å²) in [4.78, 5) is 11.6. The van der Waals surface area contributed by atoms with Gasteiger partial charge in [-0.25, -0.2) is 4.79 Å². The summed E-state index contributed by atoms with van der Waals surface area (Å²) in [6, 6.07) is 0. The van der Waals surface area contributed by atoms with Crippen LogP contribution in [0, 0.1) is 0 Å². The Morgan fingerprint density at radius 2 is 1.65 bits per heavy atom. The second-order valence-corrected chi connectivity index (χ2v) is 4.47. The first kappa shape index (κ1) is 16.2. The van der Waals surface area contributed by atoms with Crippen molar-refractivity contribution in [1.82, 2.24) is 0 Å². The lowest BCUT2D eigenvalue weighted by atomic mass is 9.99. The Labute approximate surface area is 106 Å². The van der Waals surface area contributed by atoms with Gasteiger partial charge in [-0.05, 0) is 33.1 Å². The third kappa shape index (κ3) is 7.19. The molecule has 17 heavy (non-hydrogen) atoms. The minimum Gasteiger partial charge on any atom is -0.463 e. The van der Waals surface area contributed by atoms with E-state index in [2.05, 4.69) is 13.8 Å². The van der Waals surface area contributed by atoms with E-state index in [1.54, 1.807) is 0 Å². The largest absolute Gasteiger partial charge is 0.463 e. The number of hydrogen-bond donors (Lipinski definition) is 0. The van der Waals surface area contributed by atoms with Crippen LogP contribution in [0.2, 0.25) is 0 Å². The number of carbonyl (C=O) groups is 1. The SMILES string of the molecule is CCCCCCCC(CC)=C(C)C(=O)OCC.